The molecule has 1 aromatic heterocycles. The van der Waals surface area contributed by atoms with Gasteiger partial charge in [0.25, 0.3) is 0 Å². The molecule has 5 fully saturated rings. The first-order chi connectivity index (χ1) is 17.4. The van der Waals surface area contributed by atoms with Crippen molar-refractivity contribution in [1.82, 2.24) is 20.4 Å². The van der Waals surface area contributed by atoms with Crippen LogP contribution in [0.5, 0.6) is 0 Å². The summed E-state index contributed by atoms with van der Waals surface area (Å²) in [5.41, 5.74) is 0.664. The van der Waals surface area contributed by atoms with Crippen LogP contribution in [-0.2, 0) is 16.5 Å². The van der Waals surface area contributed by atoms with E-state index in [1.54, 1.807) is 0 Å². The van der Waals surface area contributed by atoms with Gasteiger partial charge in [-0.2, -0.15) is 18.3 Å². The maximum atomic E-state index is 13.7. The van der Waals surface area contributed by atoms with Crippen LogP contribution < -0.4 is 10.6 Å². The molecule has 2 heterocycles. The highest BCUT2D eigenvalue weighted by molar-refractivity contribution is 5.83. The standard InChI is InChI=1S/C29H37F3N4O/c1-27(2,3)36-9-8-23(35-36)22-13-24(33-25(22)20-4-6-21(7-5-20)29(30,31)32)26(37)34-28-14-17-10-18(15-28)12-19(11-17)16-28/h4-9,17-19,22,24-25,33H,10-16H2,1-3H3,(H,34,37)/t17?,18?,19?,22-,24+,25+,28?/m1/s1. The summed E-state index contributed by atoms with van der Waals surface area (Å²) in [6.07, 6.45) is 5.30. The molecule has 1 aliphatic heterocycles. The molecule has 1 aromatic carbocycles. The fourth-order valence-corrected chi connectivity index (χ4v) is 7.99. The Morgan fingerprint density at radius 1 is 0.973 bits per heavy atom. The molecule has 37 heavy (non-hydrogen) atoms. The average molecular weight is 515 g/mol. The second-order valence-corrected chi connectivity index (χ2v) is 13.2. The summed E-state index contributed by atoms with van der Waals surface area (Å²) in [4.78, 5) is 13.7. The van der Waals surface area contributed by atoms with Gasteiger partial charge in [-0.25, -0.2) is 0 Å². The molecule has 3 atom stereocenters. The van der Waals surface area contributed by atoms with E-state index < -0.39 is 17.8 Å². The first kappa shape index (κ1) is 25.0. The van der Waals surface area contributed by atoms with Crippen LogP contribution in [0, 0.1) is 17.8 Å². The molecule has 2 N–H and O–H groups in total. The van der Waals surface area contributed by atoms with Crippen LogP contribution in [0.2, 0.25) is 0 Å². The van der Waals surface area contributed by atoms with E-state index in [-0.39, 0.29) is 28.9 Å². The lowest BCUT2D eigenvalue weighted by Gasteiger charge is -2.57. The predicted octanol–water partition coefficient (Wildman–Crippen LogP) is 5.93. The van der Waals surface area contributed by atoms with Gasteiger partial charge < -0.3 is 5.32 Å². The first-order valence-corrected chi connectivity index (χ1v) is 13.7. The van der Waals surface area contributed by atoms with Crippen molar-refractivity contribution in [3.63, 3.8) is 0 Å². The van der Waals surface area contributed by atoms with Crippen molar-refractivity contribution in [3.8, 4) is 0 Å². The topological polar surface area (TPSA) is 59.0 Å². The Kier molecular flexibility index (Phi) is 5.79. The molecule has 0 unspecified atom stereocenters. The Labute approximate surface area is 216 Å². The van der Waals surface area contributed by atoms with Crippen LogP contribution >= 0.6 is 0 Å². The summed E-state index contributed by atoms with van der Waals surface area (Å²) >= 11 is 0. The number of aromatic nitrogens is 2. The normalized spacial score (nSPS) is 35.2. The zero-order chi connectivity index (χ0) is 26.2. The number of halogens is 3. The summed E-state index contributed by atoms with van der Waals surface area (Å²) < 4.78 is 41.5. The first-order valence-electron chi connectivity index (χ1n) is 13.7. The zero-order valence-corrected chi connectivity index (χ0v) is 21.8. The molecule has 0 radical (unpaired) electrons. The average Bonchev–Trinajstić information content (AvgIpc) is 3.45. The van der Waals surface area contributed by atoms with Gasteiger partial charge in [-0.3, -0.25) is 14.8 Å². The quantitative estimate of drug-likeness (QED) is 0.532. The van der Waals surface area contributed by atoms with Crippen molar-refractivity contribution >= 4 is 5.91 Å². The third-order valence-corrected chi connectivity index (χ3v) is 9.29. The minimum absolute atomic E-state index is 0.0246. The lowest BCUT2D eigenvalue weighted by Crippen LogP contribution is -2.62. The van der Waals surface area contributed by atoms with Gasteiger partial charge in [0.1, 0.15) is 0 Å². The number of amides is 1. The summed E-state index contributed by atoms with van der Waals surface area (Å²) in [5, 5.41) is 11.8. The number of carbonyl (C=O) groups excluding carboxylic acids is 1. The van der Waals surface area contributed by atoms with Crippen molar-refractivity contribution in [3.05, 3.63) is 53.3 Å². The number of rotatable bonds is 4. The Morgan fingerprint density at radius 2 is 1.57 bits per heavy atom. The van der Waals surface area contributed by atoms with Gasteiger partial charge in [0, 0.05) is 23.7 Å². The SMILES string of the molecule is CC(C)(C)n1ccc([C@H]2C[C@@H](C(=O)NC34CC5CC(CC(C5)C3)C4)N[C@H]2c2ccc(C(F)(F)F)cc2)n1. The number of nitrogens with one attached hydrogen (secondary N) is 2. The van der Waals surface area contributed by atoms with Crippen LogP contribution in [0.25, 0.3) is 0 Å². The van der Waals surface area contributed by atoms with Crippen molar-refractivity contribution in [2.75, 3.05) is 0 Å². The maximum Gasteiger partial charge on any atom is 0.416 e. The molecule has 7 rings (SSSR count). The molecule has 200 valence electrons. The van der Waals surface area contributed by atoms with E-state index in [9.17, 15) is 18.0 Å². The van der Waals surface area contributed by atoms with Crippen LogP contribution in [0.4, 0.5) is 13.2 Å². The molecule has 4 bridgehead atoms. The predicted molar refractivity (Wildman–Crippen MR) is 135 cm³/mol. The van der Waals surface area contributed by atoms with Crippen molar-refractivity contribution in [2.45, 2.75) is 101 Å². The van der Waals surface area contributed by atoms with E-state index in [1.165, 1.54) is 31.4 Å². The molecule has 4 saturated carbocycles. The summed E-state index contributed by atoms with van der Waals surface area (Å²) in [7, 11) is 0. The Bertz CT molecular complexity index is 1130. The molecule has 1 amide bonds. The molecule has 0 spiro atoms. The monoisotopic (exact) mass is 514 g/mol. The minimum Gasteiger partial charge on any atom is -0.349 e. The summed E-state index contributed by atoms with van der Waals surface area (Å²) in [6, 6.07) is 6.60. The Morgan fingerprint density at radius 3 is 2.08 bits per heavy atom. The third-order valence-electron chi connectivity index (χ3n) is 9.29. The largest absolute Gasteiger partial charge is 0.416 e. The zero-order valence-electron chi connectivity index (χ0n) is 21.8. The lowest BCUT2D eigenvalue weighted by molar-refractivity contribution is -0.137. The Hall–Kier alpha value is -2.35. The van der Waals surface area contributed by atoms with E-state index in [0.717, 1.165) is 60.4 Å². The number of alkyl halides is 3. The Balaban J connectivity index is 1.25. The smallest absolute Gasteiger partial charge is 0.349 e. The number of nitrogens with zero attached hydrogens (tertiary/aromatic N) is 2. The second kappa shape index (κ2) is 8.58. The fourth-order valence-electron chi connectivity index (χ4n) is 7.99. The molecule has 8 heteroatoms. The second-order valence-electron chi connectivity index (χ2n) is 13.2. The van der Waals surface area contributed by atoms with Crippen LogP contribution in [0.15, 0.2) is 36.5 Å². The summed E-state index contributed by atoms with van der Waals surface area (Å²) in [5.74, 6) is 2.11. The molecule has 2 aromatic rings. The molecular formula is C29H37F3N4O. The maximum absolute atomic E-state index is 13.7. The van der Waals surface area contributed by atoms with Crippen molar-refractivity contribution in [2.24, 2.45) is 17.8 Å². The number of benzene rings is 1. The van der Waals surface area contributed by atoms with E-state index >= 15 is 0 Å². The van der Waals surface area contributed by atoms with Gasteiger partial charge in [-0.15, -0.1) is 0 Å². The van der Waals surface area contributed by atoms with Gasteiger partial charge in [0.05, 0.1) is 22.8 Å². The highest BCUT2D eigenvalue weighted by Crippen LogP contribution is 2.55. The minimum atomic E-state index is -4.38. The van der Waals surface area contributed by atoms with E-state index in [2.05, 4.69) is 31.4 Å². The molecule has 5 aliphatic rings. The van der Waals surface area contributed by atoms with Gasteiger partial charge >= 0.3 is 6.18 Å². The van der Waals surface area contributed by atoms with Crippen LogP contribution in [0.1, 0.15) is 94.5 Å². The van der Waals surface area contributed by atoms with Crippen molar-refractivity contribution in [1.29, 1.82) is 0 Å². The van der Waals surface area contributed by atoms with Crippen LogP contribution in [-0.4, -0.2) is 27.3 Å². The summed E-state index contributed by atoms with van der Waals surface area (Å²) in [6.45, 7) is 6.23. The number of carbonyl (C=O) groups is 1. The van der Waals surface area contributed by atoms with Crippen LogP contribution in [0.3, 0.4) is 0 Å². The van der Waals surface area contributed by atoms with Crippen molar-refractivity contribution < 1.29 is 18.0 Å². The number of hydrogen-bond acceptors (Lipinski definition) is 3. The van der Waals surface area contributed by atoms with Gasteiger partial charge in [0.2, 0.25) is 5.91 Å². The van der Waals surface area contributed by atoms with E-state index in [4.69, 9.17) is 5.10 Å². The molecular weight excluding hydrogens is 477 g/mol. The lowest BCUT2D eigenvalue weighted by atomic mass is 9.53. The van der Waals surface area contributed by atoms with Gasteiger partial charge in [0.15, 0.2) is 0 Å². The highest BCUT2D eigenvalue weighted by atomic mass is 19.4. The molecule has 5 nitrogen and oxygen atoms in total. The van der Waals surface area contributed by atoms with Gasteiger partial charge in [-0.05, 0) is 107 Å². The third kappa shape index (κ3) is 4.70. The van der Waals surface area contributed by atoms with E-state index in [1.807, 2.05) is 16.9 Å². The van der Waals surface area contributed by atoms with E-state index in [0.29, 0.717) is 6.42 Å². The molecule has 1 saturated heterocycles. The molecule has 4 aliphatic carbocycles. The number of hydrogen-bond donors (Lipinski definition) is 2. The van der Waals surface area contributed by atoms with Gasteiger partial charge in [-0.1, -0.05) is 12.1 Å². The fraction of sp³-hybridized carbons (Fsp3) is 0.655. The highest BCUT2D eigenvalue weighted by Gasteiger charge is 2.52.